The summed E-state index contributed by atoms with van der Waals surface area (Å²) in [6.07, 6.45) is 2.20. The Bertz CT molecular complexity index is 1300. The maximum absolute atomic E-state index is 15.3. The van der Waals surface area contributed by atoms with Gasteiger partial charge in [-0.05, 0) is 49.1 Å². The minimum absolute atomic E-state index is 0.0322. The number of halogens is 3. The molecule has 0 bridgehead atoms. The van der Waals surface area contributed by atoms with Gasteiger partial charge in [-0.15, -0.1) is 11.8 Å². The molecule has 0 radical (unpaired) electrons. The zero-order valence-corrected chi connectivity index (χ0v) is 19.8. The van der Waals surface area contributed by atoms with Gasteiger partial charge in [0.1, 0.15) is 11.6 Å². The van der Waals surface area contributed by atoms with Crippen molar-refractivity contribution >= 4 is 11.8 Å². The van der Waals surface area contributed by atoms with Gasteiger partial charge < -0.3 is 10.1 Å². The lowest BCUT2D eigenvalue weighted by Gasteiger charge is -2.21. The lowest BCUT2D eigenvalue weighted by atomic mass is 9.94. The Hall–Kier alpha value is -2.71. The lowest BCUT2D eigenvalue weighted by molar-refractivity contribution is 0.387. The zero-order valence-electron chi connectivity index (χ0n) is 19.0. The van der Waals surface area contributed by atoms with E-state index >= 15 is 4.39 Å². The van der Waals surface area contributed by atoms with E-state index in [2.05, 4.69) is 5.32 Å². The Morgan fingerprint density at radius 3 is 2.47 bits per heavy atom. The van der Waals surface area contributed by atoms with Crippen LogP contribution in [0.2, 0.25) is 0 Å². The summed E-state index contributed by atoms with van der Waals surface area (Å²) in [4.78, 5) is 13.8. The number of nitrogens with one attached hydrogen (secondary N) is 1. The third-order valence-corrected chi connectivity index (χ3v) is 7.87. The quantitative estimate of drug-likeness (QED) is 0.496. The van der Waals surface area contributed by atoms with Crippen molar-refractivity contribution in [2.24, 2.45) is 0 Å². The van der Waals surface area contributed by atoms with E-state index in [0.717, 1.165) is 12.8 Å². The molecule has 3 aromatic rings. The van der Waals surface area contributed by atoms with Crippen LogP contribution in [0.25, 0.3) is 11.1 Å². The van der Waals surface area contributed by atoms with Gasteiger partial charge in [0.2, 0.25) is 0 Å². The smallest absolute Gasteiger partial charge is 0.260 e. The summed E-state index contributed by atoms with van der Waals surface area (Å²) >= 11 is 1.51. The molecular weight excluding hydrogens is 461 g/mol. The van der Waals surface area contributed by atoms with Gasteiger partial charge in [0.05, 0.1) is 23.7 Å². The number of rotatable bonds is 7. The second-order valence-electron chi connectivity index (χ2n) is 8.81. The lowest BCUT2D eigenvalue weighted by Crippen LogP contribution is -2.34. The molecule has 5 rings (SSSR count). The van der Waals surface area contributed by atoms with Gasteiger partial charge in [-0.2, -0.15) is 0 Å². The Labute approximate surface area is 200 Å². The fraction of sp³-hybridized carbons (Fsp3) is 0.346. The van der Waals surface area contributed by atoms with Gasteiger partial charge in [-0.3, -0.25) is 9.36 Å². The van der Waals surface area contributed by atoms with Crippen LogP contribution >= 0.6 is 11.8 Å². The molecule has 0 saturated heterocycles. The average Bonchev–Trinajstić information content (AvgIpc) is 3.55. The summed E-state index contributed by atoms with van der Waals surface area (Å²) in [5.41, 5.74) is 1.12. The number of nitrogens with zero attached hydrogens (tertiary/aromatic N) is 1. The molecule has 2 aromatic carbocycles. The molecule has 34 heavy (non-hydrogen) atoms. The van der Waals surface area contributed by atoms with E-state index in [0.29, 0.717) is 34.5 Å². The van der Waals surface area contributed by atoms with Crippen LogP contribution < -0.4 is 15.6 Å². The first-order chi connectivity index (χ1) is 16.4. The Morgan fingerprint density at radius 2 is 1.79 bits per heavy atom. The number of hydrogen-bond donors (Lipinski definition) is 1. The number of hydrogen-bond acceptors (Lipinski definition) is 4. The largest absolute Gasteiger partial charge is 0.494 e. The fourth-order valence-electron chi connectivity index (χ4n) is 4.57. The van der Waals surface area contributed by atoms with Gasteiger partial charge >= 0.3 is 0 Å². The molecule has 1 aliphatic carbocycles. The van der Waals surface area contributed by atoms with Crippen molar-refractivity contribution in [1.82, 2.24) is 9.88 Å². The summed E-state index contributed by atoms with van der Waals surface area (Å²) < 4.78 is 51.3. The van der Waals surface area contributed by atoms with E-state index in [9.17, 15) is 13.6 Å². The summed E-state index contributed by atoms with van der Waals surface area (Å²) in [6, 6.07) is 8.77. The number of methoxy groups -OCH3 is 1. The topological polar surface area (TPSA) is 43.3 Å². The van der Waals surface area contributed by atoms with Gasteiger partial charge in [0.15, 0.2) is 11.6 Å². The van der Waals surface area contributed by atoms with Crippen LogP contribution in [-0.2, 0) is 6.42 Å². The predicted octanol–water partition coefficient (Wildman–Crippen LogP) is 5.24. The van der Waals surface area contributed by atoms with Gasteiger partial charge in [0.25, 0.3) is 5.56 Å². The first-order valence-electron chi connectivity index (χ1n) is 11.3. The minimum atomic E-state index is -0.645. The zero-order chi connectivity index (χ0) is 24.0. The monoisotopic (exact) mass is 486 g/mol. The first kappa shape index (κ1) is 23.1. The van der Waals surface area contributed by atoms with Crippen molar-refractivity contribution in [3.8, 4) is 16.9 Å². The van der Waals surface area contributed by atoms with Gasteiger partial charge in [0, 0.05) is 35.9 Å². The highest BCUT2D eigenvalue weighted by Crippen LogP contribution is 2.40. The highest BCUT2D eigenvalue weighted by Gasteiger charge is 2.33. The van der Waals surface area contributed by atoms with E-state index in [-0.39, 0.29) is 40.5 Å². The van der Waals surface area contributed by atoms with Crippen molar-refractivity contribution in [2.45, 2.75) is 43.3 Å². The third kappa shape index (κ3) is 4.03. The number of fused-ring (bicyclic) bond motifs is 1. The first-order valence-corrected chi connectivity index (χ1v) is 12.3. The second kappa shape index (κ2) is 9.15. The van der Waals surface area contributed by atoms with E-state index in [1.807, 2.05) is 0 Å². The number of aromatic nitrogens is 1. The maximum atomic E-state index is 15.3. The molecule has 1 aliphatic heterocycles. The normalized spacial score (nSPS) is 17.1. The Kier molecular flexibility index (Phi) is 6.20. The van der Waals surface area contributed by atoms with Crippen LogP contribution in [0.15, 0.2) is 46.2 Å². The third-order valence-electron chi connectivity index (χ3n) is 6.60. The van der Waals surface area contributed by atoms with Crippen molar-refractivity contribution in [3.05, 3.63) is 80.9 Å². The molecule has 1 N–H and O–H groups in total. The van der Waals surface area contributed by atoms with E-state index in [1.165, 1.54) is 43.1 Å². The molecule has 1 saturated carbocycles. The Morgan fingerprint density at radius 1 is 1.09 bits per heavy atom. The van der Waals surface area contributed by atoms with Crippen LogP contribution in [0.4, 0.5) is 13.2 Å². The van der Waals surface area contributed by atoms with Gasteiger partial charge in [-0.1, -0.05) is 18.2 Å². The molecule has 1 unspecified atom stereocenters. The number of thioether (sulfide) groups is 1. The summed E-state index contributed by atoms with van der Waals surface area (Å²) in [5.74, 6) is -1.23. The summed E-state index contributed by atoms with van der Waals surface area (Å²) in [6.45, 7) is 2.34. The molecule has 1 atom stereocenters. The molecule has 0 amide bonds. The van der Waals surface area contributed by atoms with Crippen molar-refractivity contribution in [2.75, 3.05) is 19.4 Å². The molecular formula is C26H25F3N2O2S. The Balaban J connectivity index is 1.71. The minimum Gasteiger partial charge on any atom is -0.494 e. The van der Waals surface area contributed by atoms with Crippen LogP contribution in [0.3, 0.4) is 0 Å². The molecule has 1 aromatic heterocycles. The molecule has 8 heteroatoms. The summed E-state index contributed by atoms with van der Waals surface area (Å²) in [7, 11) is 1.37. The standard InChI is InChI=1S/C26H25F3N2O2S/c1-14-18(11-19-20(27)6-4-7-21(19)28)26-31(16(13-34-26)12-30-15-9-10-15)25(32)23(14)17-5-3-8-22(33-2)24(17)29/h3-8,15-16,30H,9-13H2,1-2H3. The summed E-state index contributed by atoms with van der Waals surface area (Å²) in [5, 5.41) is 4.16. The van der Waals surface area contributed by atoms with E-state index < -0.39 is 17.5 Å². The van der Waals surface area contributed by atoms with Crippen LogP contribution in [0.5, 0.6) is 5.75 Å². The van der Waals surface area contributed by atoms with Crippen LogP contribution in [-0.4, -0.2) is 30.0 Å². The second-order valence-corrected chi connectivity index (χ2v) is 9.81. The van der Waals surface area contributed by atoms with Crippen LogP contribution in [0.1, 0.15) is 35.6 Å². The number of pyridine rings is 1. The highest BCUT2D eigenvalue weighted by atomic mass is 32.2. The van der Waals surface area contributed by atoms with Crippen LogP contribution in [0, 0.1) is 24.4 Å². The molecule has 1 fully saturated rings. The number of benzene rings is 2. The van der Waals surface area contributed by atoms with Crippen molar-refractivity contribution in [1.29, 1.82) is 0 Å². The highest BCUT2D eigenvalue weighted by molar-refractivity contribution is 7.99. The van der Waals surface area contributed by atoms with Crippen molar-refractivity contribution < 1.29 is 17.9 Å². The van der Waals surface area contributed by atoms with E-state index in [1.54, 1.807) is 23.6 Å². The maximum Gasteiger partial charge on any atom is 0.260 e. The molecule has 0 spiro atoms. The molecule has 4 nitrogen and oxygen atoms in total. The molecule has 2 heterocycles. The predicted molar refractivity (Wildman–Crippen MR) is 127 cm³/mol. The molecule has 178 valence electrons. The van der Waals surface area contributed by atoms with E-state index in [4.69, 9.17) is 4.74 Å². The van der Waals surface area contributed by atoms with Gasteiger partial charge in [-0.25, -0.2) is 13.2 Å². The number of ether oxygens (including phenoxy) is 1. The fourth-order valence-corrected chi connectivity index (χ4v) is 5.96. The molecule has 2 aliphatic rings. The SMILES string of the molecule is COc1cccc(-c2c(C)c(Cc3c(F)cccc3F)c3n(c2=O)C(CNC2CC2)CS3)c1F. The average molecular weight is 487 g/mol. The van der Waals surface area contributed by atoms with Crippen molar-refractivity contribution in [3.63, 3.8) is 0 Å².